The van der Waals surface area contributed by atoms with Crippen LogP contribution in [-0.4, -0.2) is 21.4 Å². The van der Waals surface area contributed by atoms with Crippen LogP contribution in [0.4, 0.5) is 4.79 Å². The molecule has 4 rings (SSSR count). The van der Waals surface area contributed by atoms with E-state index in [1.165, 1.54) is 4.90 Å². The number of aryl methyl sites for hydroxylation is 1. The SMILES string of the molecule is Cc1cc(C=C2NC(=O)N(Cc3ccc(Cl)cc3)C2=O)c(C)n1-c1ccc[nH+]c1. The highest BCUT2D eigenvalue weighted by Crippen LogP contribution is 2.24. The third-order valence-electron chi connectivity index (χ3n) is 4.94. The first kappa shape index (κ1) is 19.0. The monoisotopic (exact) mass is 407 g/mol. The minimum absolute atomic E-state index is 0.193. The van der Waals surface area contributed by atoms with Gasteiger partial charge >= 0.3 is 6.03 Å². The van der Waals surface area contributed by atoms with E-state index in [1.807, 2.05) is 44.4 Å². The number of rotatable bonds is 4. The number of amides is 3. The number of carbonyl (C=O) groups is 2. The Morgan fingerprint density at radius 2 is 1.90 bits per heavy atom. The number of nitrogens with one attached hydrogen (secondary N) is 2. The van der Waals surface area contributed by atoms with Gasteiger partial charge in [0.05, 0.1) is 6.54 Å². The van der Waals surface area contributed by atoms with Crippen molar-refractivity contribution in [3.63, 3.8) is 0 Å². The van der Waals surface area contributed by atoms with E-state index in [4.69, 9.17) is 11.6 Å². The Balaban J connectivity index is 1.62. The molecule has 0 aliphatic carbocycles. The molecule has 7 heteroatoms. The van der Waals surface area contributed by atoms with Crippen molar-refractivity contribution in [2.75, 3.05) is 0 Å². The van der Waals surface area contributed by atoms with E-state index in [0.29, 0.717) is 5.02 Å². The van der Waals surface area contributed by atoms with Crippen LogP contribution >= 0.6 is 11.6 Å². The van der Waals surface area contributed by atoms with Gasteiger partial charge in [-0.15, -0.1) is 0 Å². The molecule has 3 amide bonds. The molecule has 0 spiro atoms. The largest absolute Gasteiger partial charge is 0.329 e. The second-order valence-corrected chi connectivity index (χ2v) is 7.37. The molecule has 146 valence electrons. The van der Waals surface area contributed by atoms with Crippen LogP contribution < -0.4 is 10.3 Å². The lowest BCUT2D eigenvalue weighted by atomic mass is 10.2. The molecule has 3 aromatic rings. The molecular formula is C22H20ClN4O2+. The fourth-order valence-corrected chi connectivity index (χ4v) is 3.62. The van der Waals surface area contributed by atoms with E-state index >= 15 is 0 Å². The Morgan fingerprint density at radius 3 is 2.59 bits per heavy atom. The highest BCUT2D eigenvalue weighted by molar-refractivity contribution is 6.30. The Labute approximate surface area is 173 Å². The topological polar surface area (TPSA) is 68.5 Å². The van der Waals surface area contributed by atoms with Crippen LogP contribution in [0.3, 0.4) is 0 Å². The lowest BCUT2D eigenvalue weighted by molar-refractivity contribution is -0.377. The number of pyridine rings is 1. The third-order valence-corrected chi connectivity index (χ3v) is 5.19. The summed E-state index contributed by atoms with van der Waals surface area (Å²) in [5, 5.41) is 3.30. The molecule has 3 heterocycles. The Bertz CT molecular complexity index is 1120. The maximum atomic E-state index is 12.8. The number of aromatic amines is 1. The molecule has 1 aliphatic rings. The summed E-state index contributed by atoms with van der Waals surface area (Å²) < 4.78 is 2.09. The van der Waals surface area contributed by atoms with Crippen molar-refractivity contribution in [3.05, 3.63) is 88.1 Å². The van der Waals surface area contributed by atoms with E-state index < -0.39 is 6.03 Å². The highest BCUT2D eigenvalue weighted by Gasteiger charge is 2.33. The van der Waals surface area contributed by atoms with Crippen LogP contribution in [0.2, 0.25) is 5.02 Å². The highest BCUT2D eigenvalue weighted by atomic mass is 35.5. The molecule has 2 aromatic heterocycles. The molecule has 1 aliphatic heterocycles. The molecule has 0 saturated carbocycles. The van der Waals surface area contributed by atoms with Gasteiger partial charge in [0, 0.05) is 22.5 Å². The maximum Gasteiger partial charge on any atom is 0.329 e. The van der Waals surface area contributed by atoms with Crippen LogP contribution in [0.1, 0.15) is 22.5 Å². The smallest absolute Gasteiger partial charge is 0.313 e. The molecule has 1 aromatic carbocycles. The zero-order chi connectivity index (χ0) is 20.5. The van der Waals surface area contributed by atoms with Crippen LogP contribution in [0.25, 0.3) is 11.8 Å². The summed E-state index contributed by atoms with van der Waals surface area (Å²) >= 11 is 5.90. The summed E-state index contributed by atoms with van der Waals surface area (Å²) in [5.74, 6) is -0.345. The van der Waals surface area contributed by atoms with Gasteiger partial charge in [-0.2, -0.15) is 0 Å². The Hall–Kier alpha value is -3.38. The summed E-state index contributed by atoms with van der Waals surface area (Å²) in [6.07, 6.45) is 5.49. The van der Waals surface area contributed by atoms with Gasteiger partial charge in [0.25, 0.3) is 5.91 Å². The molecule has 0 bridgehead atoms. The van der Waals surface area contributed by atoms with Gasteiger partial charge in [-0.25, -0.2) is 9.78 Å². The number of H-pyrrole nitrogens is 1. The van der Waals surface area contributed by atoms with E-state index in [9.17, 15) is 9.59 Å². The third kappa shape index (κ3) is 3.67. The number of halogens is 1. The summed E-state index contributed by atoms with van der Waals surface area (Å²) in [6.45, 7) is 4.18. The Kier molecular flexibility index (Phi) is 4.94. The summed E-state index contributed by atoms with van der Waals surface area (Å²) in [4.78, 5) is 29.4. The molecule has 0 radical (unpaired) electrons. The van der Waals surface area contributed by atoms with Crippen molar-refractivity contribution in [1.82, 2.24) is 14.8 Å². The van der Waals surface area contributed by atoms with Gasteiger partial charge in [-0.3, -0.25) is 9.69 Å². The quantitative estimate of drug-likeness (QED) is 0.529. The van der Waals surface area contributed by atoms with Gasteiger partial charge in [0.2, 0.25) is 0 Å². The fraction of sp³-hybridized carbons (Fsp3) is 0.136. The molecule has 1 saturated heterocycles. The molecule has 2 N–H and O–H groups in total. The molecular weight excluding hydrogens is 388 g/mol. The predicted octanol–water partition coefficient (Wildman–Crippen LogP) is 3.65. The van der Waals surface area contributed by atoms with Crippen LogP contribution in [-0.2, 0) is 11.3 Å². The van der Waals surface area contributed by atoms with E-state index in [0.717, 1.165) is 28.2 Å². The molecule has 29 heavy (non-hydrogen) atoms. The minimum Gasteiger partial charge on any atom is -0.313 e. The first-order valence-corrected chi connectivity index (χ1v) is 9.56. The predicted molar refractivity (Wildman–Crippen MR) is 110 cm³/mol. The van der Waals surface area contributed by atoms with Gasteiger partial charge in [0.1, 0.15) is 11.4 Å². The van der Waals surface area contributed by atoms with Crippen molar-refractivity contribution in [1.29, 1.82) is 0 Å². The van der Waals surface area contributed by atoms with E-state index in [2.05, 4.69) is 14.9 Å². The fourth-order valence-electron chi connectivity index (χ4n) is 3.50. The van der Waals surface area contributed by atoms with Crippen molar-refractivity contribution in [2.45, 2.75) is 20.4 Å². The molecule has 6 nitrogen and oxygen atoms in total. The first-order valence-electron chi connectivity index (χ1n) is 9.18. The van der Waals surface area contributed by atoms with Gasteiger partial charge in [-0.1, -0.05) is 23.7 Å². The number of urea groups is 1. The van der Waals surface area contributed by atoms with Crippen molar-refractivity contribution in [2.24, 2.45) is 0 Å². The van der Waals surface area contributed by atoms with Crippen molar-refractivity contribution >= 4 is 29.6 Å². The summed E-state index contributed by atoms with van der Waals surface area (Å²) in [7, 11) is 0. The van der Waals surface area contributed by atoms with Gasteiger partial charge < -0.3 is 9.88 Å². The molecule has 0 unspecified atom stereocenters. The number of hydrogen-bond donors (Lipinski definition) is 1. The standard InChI is InChI=1S/C22H19ClN4O2/c1-14-10-17(15(2)27(14)19-4-3-9-24-12-19)11-20-21(28)26(22(29)25-20)13-16-5-7-18(23)8-6-16/h3-12H,13H2,1-2H3,(H,25,29)/p+1. The number of imide groups is 1. The van der Waals surface area contributed by atoms with Gasteiger partial charge in [-0.05, 0) is 55.3 Å². The zero-order valence-electron chi connectivity index (χ0n) is 16.1. The summed E-state index contributed by atoms with van der Waals surface area (Å²) in [6, 6.07) is 12.6. The lowest BCUT2D eigenvalue weighted by Gasteiger charge is -2.11. The second-order valence-electron chi connectivity index (χ2n) is 6.93. The van der Waals surface area contributed by atoms with Crippen LogP contribution in [0, 0.1) is 13.8 Å². The minimum atomic E-state index is -0.428. The van der Waals surface area contributed by atoms with Crippen molar-refractivity contribution < 1.29 is 14.6 Å². The first-order chi connectivity index (χ1) is 13.9. The zero-order valence-corrected chi connectivity index (χ0v) is 16.8. The van der Waals surface area contributed by atoms with E-state index in [1.54, 1.807) is 30.3 Å². The lowest BCUT2D eigenvalue weighted by Crippen LogP contribution is -2.30. The number of carbonyl (C=O) groups excluding carboxylic acids is 2. The second kappa shape index (κ2) is 7.56. The van der Waals surface area contributed by atoms with E-state index in [-0.39, 0.29) is 18.1 Å². The number of hydrogen-bond acceptors (Lipinski definition) is 2. The van der Waals surface area contributed by atoms with Crippen LogP contribution in [0.15, 0.2) is 60.6 Å². The number of benzene rings is 1. The molecule has 1 fully saturated rings. The normalized spacial score (nSPS) is 15.3. The Morgan fingerprint density at radius 1 is 1.14 bits per heavy atom. The average molecular weight is 408 g/mol. The van der Waals surface area contributed by atoms with Crippen LogP contribution in [0.5, 0.6) is 0 Å². The van der Waals surface area contributed by atoms with Crippen molar-refractivity contribution in [3.8, 4) is 5.69 Å². The number of nitrogens with zero attached hydrogens (tertiary/aromatic N) is 2. The number of aromatic nitrogens is 2. The molecule has 0 atom stereocenters. The summed E-state index contributed by atoms with van der Waals surface area (Å²) in [5.41, 5.74) is 4.99. The van der Waals surface area contributed by atoms with Gasteiger partial charge in [0.15, 0.2) is 12.4 Å². The average Bonchev–Trinajstić information content (AvgIpc) is 3.14. The maximum absolute atomic E-state index is 12.8.